The number of amides is 1. The molecule has 3 aromatic carbocycles. The summed E-state index contributed by atoms with van der Waals surface area (Å²) < 4.78 is 68.2. The first kappa shape index (κ1) is 29.4. The number of hydrogen-bond acceptors (Lipinski definition) is 5. The standard InChI is InChI=1S/C29H26ClF4NO5/c1-4-35-24-13-18(7-11-25(24)40-15-26(35)36)28(38,29(32,33)34)16(3)20-9-6-17(12-23(20)30)21-10-8-19(31)14-22(21)27(37)39-5-2/h6-14,16,38H,4-5,15H2,1-3H3. The quantitative estimate of drug-likeness (QED) is 0.251. The van der Waals surface area contributed by atoms with Crippen LogP contribution in [0.2, 0.25) is 5.02 Å². The van der Waals surface area contributed by atoms with E-state index in [4.69, 9.17) is 21.1 Å². The fourth-order valence-corrected chi connectivity index (χ4v) is 5.21. The summed E-state index contributed by atoms with van der Waals surface area (Å²) in [6.07, 6.45) is -5.15. The molecule has 1 amide bonds. The highest BCUT2D eigenvalue weighted by molar-refractivity contribution is 6.31. The summed E-state index contributed by atoms with van der Waals surface area (Å²) in [6, 6.07) is 11.1. The van der Waals surface area contributed by atoms with Gasteiger partial charge in [0.15, 0.2) is 12.2 Å². The van der Waals surface area contributed by atoms with E-state index in [1.165, 1.54) is 42.2 Å². The maximum atomic E-state index is 14.7. The third kappa shape index (κ3) is 5.13. The Bertz CT molecular complexity index is 1460. The number of anilines is 1. The van der Waals surface area contributed by atoms with Gasteiger partial charge in [0, 0.05) is 17.5 Å². The molecule has 0 bridgehead atoms. The van der Waals surface area contributed by atoms with Crippen molar-refractivity contribution in [1.82, 2.24) is 0 Å². The smallest absolute Gasteiger partial charge is 0.422 e. The van der Waals surface area contributed by atoms with Crippen molar-refractivity contribution >= 4 is 29.2 Å². The lowest BCUT2D eigenvalue weighted by atomic mass is 9.77. The van der Waals surface area contributed by atoms with Gasteiger partial charge in [-0.25, -0.2) is 9.18 Å². The van der Waals surface area contributed by atoms with Gasteiger partial charge in [-0.3, -0.25) is 4.79 Å². The van der Waals surface area contributed by atoms with Crippen molar-refractivity contribution in [3.63, 3.8) is 0 Å². The van der Waals surface area contributed by atoms with Crippen molar-refractivity contribution in [2.45, 2.75) is 38.5 Å². The number of nitrogens with zero attached hydrogens (tertiary/aromatic N) is 1. The molecule has 4 rings (SSSR count). The van der Waals surface area contributed by atoms with Crippen LogP contribution in [0.3, 0.4) is 0 Å². The Morgan fingerprint density at radius 2 is 1.85 bits per heavy atom. The number of rotatable bonds is 7. The molecule has 2 atom stereocenters. The van der Waals surface area contributed by atoms with E-state index in [1.807, 2.05) is 0 Å². The lowest BCUT2D eigenvalue weighted by Gasteiger charge is -2.38. The van der Waals surface area contributed by atoms with Gasteiger partial charge in [0.05, 0.1) is 17.9 Å². The Labute approximate surface area is 233 Å². The molecule has 6 nitrogen and oxygen atoms in total. The predicted octanol–water partition coefficient (Wildman–Crippen LogP) is 6.62. The molecule has 11 heteroatoms. The zero-order valence-electron chi connectivity index (χ0n) is 21.8. The highest BCUT2D eigenvalue weighted by Crippen LogP contribution is 2.51. The molecule has 0 saturated heterocycles. The molecule has 212 valence electrons. The van der Waals surface area contributed by atoms with E-state index >= 15 is 0 Å². The minimum Gasteiger partial charge on any atom is -0.482 e. The third-order valence-electron chi connectivity index (χ3n) is 6.97. The molecule has 1 heterocycles. The highest BCUT2D eigenvalue weighted by Gasteiger charge is 2.59. The van der Waals surface area contributed by atoms with E-state index in [-0.39, 0.29) is 52.9 Å². The molecule has 1 aliphatic rings. The molecule has 0 saturated carbocycles. The van der Waals surface area contributed by atoms with Gasteiger partial charge in [-0.05, 0) is 66.4 Å². The second-order valence-electron chi connectivity index (χ2n) is 9.24. The Morgan fingerprint density at radius 3 is 2.48 bits per heavy atom. The summed E-state index contributed by atoms with van der Waals surface area (Å²) in [5.74, 6) is -3.25. The summed E-state index contributed by atoms with van der Waals surface area (Å²) >= 11 is 6.48. The van der Waals surface area contributed by atoms with Crippen molar-refractivity contribution < 1.29 is 41.7 Å². The number of esters is 1. The number of likely N-dealkylation sites (N-methyl/N-ethyl adjacent to an activating group) is 1. The van der Waals surface area contributed by atoms with Gasteiger partial charge in [-0.1, -0.05) is 42.8 Å². The van der Waals surface area contributed by atoms with Gasteiger partial charge in [0.25, 0.3) is 5.91 Å². The first-order chi connectivity index (χ1) is 18.8. The average Bonchev–Trinajstić information content (AvgIpc) is 2.91. The summed E-state index contributed by atoms with van der Waals surface area (Å²) in [4.78, 5) is 26.0. The van der Waals surface area contributed by atoms with Crippen molar-refractivity contribution in [1.29, 1.82) is 0 Å². The van der Waals surface area contributed by atoms with Gasteiger partial charge in [-0.2, -0.15) is 13.2 Å². The fraction of sp³-hybridized carbons (Fsp3) is 0.310. The van der Waals surface area contributed by atoms with Crippen LogP contribution in [0.4, 0.5) is 23.2 Å². The van der Waals surface area contributed by atoms with E-state index in [1.54, 1.807) is 13.8 Å². The van der Waals surface area contributed by atoms with Gasteiger partial charge in [0.1, 0.15) is 11.6 Å². The van der Waals surface area contributed by atoms with E-state index in [0.717, 1.165) is 24.3 Å². The first-order valence-electron chi connectivity index (χ1n) is 12.5. The van der Waals surface area contributed by atoms with Crippen molar-refractivity contribution in [3.8, 4) is 16.9 Å². The van der Waals surface area contributed by atoms with Crippen LogP contribution in [-0.4, -0.2) is 42.9 Å². The zero-order chi connectivity index (χ0) is 29.4. The van der Waals surface area contributed by atoms with Crippen LogP contribution in [0, 0.1) is 5.82 Å². The van der Waals surface area contributed by atoms with Crippen LogP contribution in [0.15, 0.2) is 54.6 Å². The molecule has 1 N–H and O–H groups in total. The van der Waals surface area contributed by atoms with E-state index < -0.39 is 41.0 Å². The van der Waals surface area contributed by atoms with Crippen molar-refractivity contribution in [2.24, 2.45) is 0 Å². The maximum Gasteiger partial charge on any atom is 0.422 e. The van der Waals surface area contributed by atoms with Crippen LogP contribution in [0.1, 0.15) is 48.2 Å². The van der Waals surface area contributed by atoms with Crippen LogP contribution < -0.4 is 9.64 Å². The summed E-state index contributed by atoms with van der Waals surface area (Å²) in [5, 5.41) is 11.2. The molecule has 0 radical (unpaired) electrons. The predicted molar refractivity (Wildman–Crippen MR) is 141 cm³/mol. The number of benzene rings is 3. The number of carbonyl (C=O) groups excluding carboxylic acids is 2. The molecule has 40 heavy (non-hydrogen) atoms. The summed E-state index contributed by atoms with van der Waals surface area (Å²) in [5.41, 5.74) is -3.27. The van der Waals surface area contributed by atoms with Crippen LogP contribution in [0.5, 0.6) is 5.75 Å². The maximum absolute atomic E-state index is 14.7. The molecule has 3 aromatic rings. The number of alkyl halides is 3. The topological polar surface area (TPSA) is 76.1 Å². The van der Waals surface area contributed by atoms with Crippen LogP contribution >= 0.6 is 11.6 Å². The van der Waals surface area contributed by atoms with Crippen molar-refractivity contribution in [3.05, 3.63) is 82.1 Å². The second kappa shape index (κ2) is 11.1. The largest absolute Gasteiger partial charge is 0.482 e. The lowest BCUT2D eigenvalue weighted by Crippen LogP contribution is -2.47. The second-order valence-corrected chi connectivity index (χ2v) is 9.65. The van der Waals surface area contributed by atoms with E-state index in [0.29, 0.717) is 5.56 Å². The minimum absolute atomic E-state index is 0.0255. The van der Waals surface area contributed by atoms with Gasteiger partial charge in [0.2, 0.25) is 0 Å². The summed E-state index contributed by atoms with van der Waals surface area (Å²) in [6.45, 7) is 4.47. The highest BCUT2D eigenvalue weighted by atomic mass is 35.5. The number of ether oxygens (including phenoxy) is 2. The number of hydrogen-bond donors (Lipinski definition) is 1. The Balaban J connectivity index is 1.79. The van der Waals surface area contributed by atoms with Crippen molar-refractivity contribution in [2.75, 3.05) is 24.7 Å². The molecule has 0 fully saturated rings. The SMILES string of the molecule is CCOC(=O)c1cc(F)ccc1-c1ccc(C(C)C(O)(c2ccc3c(c2)N(CC)C(=O)CO3)C(F)(F)F)c(Cl)c1. The van der Waals surface area contributed by atoms with Gasteiger partial charge < -0.3 is 19.5 Å². The Morgan fingerprint density at radius 1 is 1.12 bits per heavy atom. The van der Waals surface area contributed by atoms with Gasteiger partial charge >= 0.3 is 12.1 Å². The molecule has 0 spiro atoms. The Kier molecular flexibility index (Phi) is 8.14. The molecule has 1 aliphatic heterocycles. The zero-order valence-corrected chi connectivity index (χ0v) is 22.6. The fourth-order valence-electron chi connectivity index (χ4n) is 4.86. The number of carbonyl (C=O) groups is 2. The van der Waals surface area contributed by atoms with E-state index in [9.17, 15) is 32.3 Å². The number of halogens is 5. The molecule has 0 aromatic heterocycles. The lowest BCUT2D eigenvalue weighted by molar-refractivity contribution is -0.274. The molecular formula is C29H26ClF4NO5. The molecular weight excluding hydrogens is 554 g/mol. The third-order valence-corrected chi connectivity index (χ3v) is 7.30. The molecule has 0 aliphatic carbocycles. The van der Waals surface area contributed by atoms with Gasteiger partial charge in [-0.15, -0.1) is 0 Å². The normalized spacial score (nSPS) is 15.6. The Hall–Kier alpha value is -3.63. The molecule has 2 unspecified atom stereocenters. The summed E-state index contributed by atoms with van der Waals surface area (Å²) in [7, 11) is 0. The minimum atomic E-state index is -5.15. The average molecular weight is 580 g/mol. The number of aliphatic hydroxyl groups is 1. The first-order valence-corrected chi connectivity index (χ1v) is 12.8. The van der Waals surface area contributed by atoms with Crippen LogP contribution in [-0.2, 0) is 15.1 Å². The van der Waals surface area contributed by atoms with E-state index in [2.05, 4.69) is 0 Å². The number of fused-ring (bicyclic) bond motifs is 1. The monoisotopic (exact) mass is 579 g/mol. The van der Waals surface area contributed by atoms with Crippen LogP contribution in [0.25, 0.3) is 11.1 Å².